The number of nitrogens with zero attached hydrogens (tertiary/aromatic N) is 3. The van der Waals surface area contributed by atoms with Gasteiger partial charge in [0.05, 0.1) is 10.9 Å². The summed E-state index contributed by atoms with van der Waals surface area (Å²) in [5.41, 5.74) is -0.0544. The van der Waals surface area contributed by atoms with E-state index in [0.717, 1.165) is 25.3 Å². The molecular weight excluding hydrogens is 383 g/mol. The third kappa shape index (κ3) is 3.97. The number of benzene rings is 1. The molecule has 0 spiro atoms. The number of aromatic nitrogens is 3. The molecule has 0 bridgehead atoms. The molecule has 0 aliphatic heterocycles. The van der Waals surface area contributed by atoms with Gasteiger partial charge in [-0.2, -0.15) is 23.3 Å². The highest BCUT2D eigenvalue weighted by Crippen LogP contribution is 2.40. The molecule has 1 saturated carbocycles. The van der Waals surface area contributed by atoms with Crippen molar-refractivity contribution in [1.29, 1.82) is 0 Å². The second kappa shape index (κ2) is 7.50. The van der Waals surface area contributed by atoms with Gasteiger partial charge in [0, 0.05) is 25.1 Å². The Balaban J connectivity index is 1.71. The van der Waals surface area contributed by atoms with Crippen LogP contribution in [0, 0.1) is 5.92 Å². The van der Waals surface area contributed by atoms with Crippen molar-refractivity contribution in [2.45, 2.75) is 31.9 Å². The van der Waals surface area contributed by atoms with Crippen LogP contribution in [0.4, 0.5) is 13.2 Å². The number of rotatable bonds is 6. The van der Waals surface area contributed by atoms with Crippen molar-refractivity contribution in [3.63, 3.8) is 0 Å². The predicted molar refractivity (Wildman–Crippen MR) is 101 cm³/mol. The number of alkyl halides is 3. The van der Waals surface area contributed by atoms with Crippen LogP contribution in [0.2, 0.25) is 0 Å². The van der Waals surface area contributed by atoms with E-state index in [-0.39, 0.29) is 35.0 Å². The van der Waals surface area contributed by atoms with Gasteiger partial charge in [-0.05, 0) is 5.92 Å². The van der Waals surface area contributed by atoms with E-state index in [2.05, 4.69) is 10.1 Å². The maximum absolute atomic E-state index is 13.8. The molecule has 0 atom stereocenters. The third-order valence-electron chi connectivity index (χ3n) is 5.24. The summed E-state index contributed by atoms with van der Waals surface area (Å²) in [4.78, 5) is 16.2. The van der Waals surface area contributed by atoms with Crippen molar-refractivity contribution in [2.24, 2.45) is 13.0 Å². The van der Waals surface area contributed by atoms with Gasteiger partial charge in [0.25, 0.3) is 0 Å². The Kier molecular flexibility index (Phi) is 5.02. The number of hydrogen-bond acceptors (Lipinski definition) is 4. The fourth-order valence-corrected chi connectivity index (χ4v) is 3.55. The lowest BCUT2D eigenvalue weighted by Crippen LogP contribution is -2.20. The molecule has 1 aliphatic rings. The summed E-state index contributed by atoms with van der Waals surface area (Å²) < 4.78 is 48.2. The Labute approximate surface area is 165 Å². The molecule has 0 amide bonds. The largest absolute Gasteiger partial charge is 0.470 e. The maximum Gasteiger partial charge on any atom is 0.417 e. The Hall–Kier alpha value is -2.90. The van der Waals surface area contributed by atoms with Gasteiger partial charge in [0.1, 0.15) is 12.3 Å². The minimum Gasteiger partial charge on any atom is -0.470 e. The maximum atomic E-state index is 13.8. The van der Waals surface area contributed by atoms with Gasteiger partial charge in [0.15, 0.2) is 11.4 Å². The summed E-state index contributed by atoms with van der Waals surface area (Å²) in [6.07, 6.45) is -1.06. The number of ether oxygens (including phenoxy) is 1. The highest BCUT2D eigenvalue weighted by Gasteiger charge is 2.36. The van der Waals surface area contributed by atoms with Crippen molar-refractivity contribution in [2.75, 3.05) is 6.61 Å². The lowest BCUT2D eigenvalue weighted by molar-refractivity contribution is -0.136. The zero-order chi connectivity index (χ0) is 20.6. The normalized spacial score (nSPS) is 14.8. The van der Waals surface area contributed by atoms with E-state index in [1.807, 2.05) is 0 Å². The van der Waals surface area contributed by atoms with E-state index >= 15 is 0 Å². The number of carbonyl (C=O) groups excluding carboxylic acids is 1. The number of hydrogen-bond donors (Lipinski definition) is 0. The van der Waals surface area contributed by atoms with E-state index in [1.54, 1.807) is 30.3 Å². The molecule has 2 aromatic heterocycles. The van der Waals surface area contributed by atoms with E-state index in [0.29, 0.717) is 17.9 Å². The van der Waals surface area contributed by atoms with Crippen molar-refractivity contribution in [3.05, 3.63) is 42.0 Å². The van der Waals surface area contributed by atoms with E-state index in [9.17, 15) is 18.0 Å². The third-order valence-corrected chi connectivity index (χ3v) is 5.24. The quantitative estimate of drug-likeness (QED) is 0.594. The molecule has 0 unspecified atom stereocenters. The number of pyridine rings is 1. The van der Waals surface area contributed by atoms with Crippen LogP contribution in [0.5, 0.6) is 5.88 Å². The predicted octanol–water partition coefficient (Wildman–Crippen LogP) is 4.79. The van der Waals surface area contributed by atoms with Crippen molar-refractivity contribution < 1.29 is 22.7 Å². The van der Waals surface area contributed by atoms with Crippen LogP contribution in [0.15, 0.2) is 36.4 Å². The molecule has 1 aliphatic carbocycles. The molecule has 8 heteroatoms. The standard InChI is InChI=1S/C21H20F3N3O2/c1-27-20-18(19(26-27)14-8-3-2-4-9-14)16(21(22,23)24)11-17(25-20)29-12-15(28)10-13-6-5-7-13/h2-4,8-9,11,13H,5-7,10,12H2,1H3. The first kappa shape index (κ1) is 19.4. The van der Waals surface area contributed by atoms with Crippen molar-refractivity contribution >= 4 is 16.8 Å². The number of aryl methyl sites for hydroxylation is 1. The summed E-state index contributed by atoms with van der Waals surface area (Å²) in [5, 5.41) is 4.18. The summed E-state index contributed by atoms with van der Waals surface area (Å²) in [7, 11) is 1.54. The second-order valence-corrected chi connectivity index (χ2v) is 7.37. The van der Waals surface area contributed by atoms with Gasteiger partial charge in [-0.15, -0.1) is 0 Å². The molecule has 1 aromatic carbocycles. The number of carbonyl (C=O) groups is 1. The Bertz CT molecular complexity index is 1040. The van der Waals surface area contributed by atoms with Gasteiger partial charge < -0.3 is 4.74 Å². The van der Waals surface area contributed by atoms with Crippen LogP contribution in [-0.4, -0.2) is 27.2 Å². The Morgan fingerprint density at radius 2 is 1.97 bits per heavy atom. The minimum atomic E-state index is -4.62. The number of fused-ring (bicyclic) bond motifs is 1. The van der Waals surface area contributed by atoms with Gasteiger partial charge in [-0.3, -0.25) is 4.79 Å². The fourth-order valence-electron chi connectivity index (χ4n) is 3.55. The molecule has 29 heavy (non-hydrogen) atoms. The van der Waals surface area contributed by atoms with Gasteiger partial charge in [-0.1, -0.05) is 49.6 Å². The molecule has 5 nitrogen and oxygen atoms in total. The van der Waals surface area contributed by atoms with Crippen LogP contribution in [0.25, 0.3) is 22.3 Å². The van der Waals surface area contributed by atoms with Crippen LogP contribution < -0.4 is 4.74 Å². The summed E-state index contributed by atoms with van der Waals surface area (Å²) >= 11 is 0. The smallest absolute Gasteiger partial charge is 0.417 e. The number of Topliss-reactive ketones (excluding diaryl/α,β-unsaturated/α-hetero) is 1. The van der Waals surface area contributed by atoms with Crippen LogP contribution in [0.1, 0.15) is 31.2 Å². The first-order valence-electron chi connectivity index (χ1n) is 9.48. The van der Waals surface area contributed by atoms with Gasteiger partial charge >= 0.3 is 6.18 Å². The minimum absolute atomic E-state index is 0.0557. The first-order valence-corrected chi connectivity index (χ1v) is 9.48. The fraction of sp³-hybridized carbons (Fsp3) is 0.381. The van der Waals surface area contributed by atoms with E-state index in [1.165, 1.54) is 11.7 Å². The highest BCUT2D eigenvalue weighted by molar-refractivity contribution is 5.94. The molecule has 1 fully saturated rings. The molecular formula is C21H20F3N3O2. The van der Waals surface area contributed by atoms with Gasteiger partial charge in [0.2, 0.25) is 5.88 Å². The van der Waals surface area contributed by atoms with E-state index < -0.39 is 11.7 Å². The van der Waals surface area contributed by atoms with E-state index in [4.69, 9.17) is 4.74 Å². The van der Waals surface area contributed by atoms with Crippen molar-refractivity contribution in [3.8, 4) is 17.1 Å². The Morgan fingerprint density at radius 1 is 1.24 bits per heavy atom. The summed E-state index contributed by atoms with van der Waals surface area (Å²) in [6, 6.07) is 9.51. The molecule has 152 valence electrons. The van der Waals surface area contributed by atoms with Crippen molar-refractivity contribution in [1.82, 2.24) is 14.8 Å². The zero-order valence-electron chi connectivity index (χ0n) is 15.9. The lowest BCUT2D eigenvalue weighted by atomic mass is 9.82. The monoisotopic (exact) mass is 403 g/mol. The highest BCUT2D eigenvalue weighted by atomic mass is 19.4. The van der Waals surface area contributed by atoms with Crippen LogP contribution >= 0.6 is 0 Å². The zero-order valence-corrected chi connectivity index (χ0v) is 15.9. The molecule has 0 radical (unpaired) electrons. The molecule has 0 saturated heterocycles. The van der Waals surface area contributed by atoms with Crippen LogP contribution in [0.3, 0.4) is 0 Å². The molecule has 0 N–H and O–H groups in total. The average Bonchev–Trinajstić information content (AvgIpc) is 2.99. The number of halogens is 3. The average molecular weight is 403 g/mol. The number of ketones is 1. The lowest BCUT2D eigenvalue weighted by Gasteiger charge is -2.24. The first-order chi connectivity index (χ1) is 13.8. The molecule has 3 aromatic rings. The Morgan fingerprint density at radius 3 is 2.59 bits per heavy atom. The molecule has 4 rings (SSSR count). The topological polar surface area (TPSA) is 57.0 Å². The summed E-state index contributed by atoms with van der Waals surface area (Å²) in [6.45, 7) is -0.282. The molecule has 2 heterocycles. The summed E-state index contributed by atoms with van der Waals surface area (Å²) in [5.74, 6) is 0.0207. The second-order valence-electron chi connectivity index (χ2n) is 7.37. The van der Waals surface area contributed by atoms with Gasteiger partial charge in [-0.25, -0.2) is 4.68 Å². The SMILES string of the molecule is Cn1nc(-c2ccccc2)c2c(C(F)(F)F)cc(OCC(=O)CC3CCC3)nc21. The van der Waals surface area contributed by atoms with Crippen LogP contribution in [-0.2, 0) is 18.0 Å².